The molecule has 0 bridgehead atoms. The van der Waals surface area contributed by atoms with Gasteiger partial charge in [0.2, 0.25) is 0 Å². The Balaban J connectivity index is 1.41. The summed E-state index contributed by atoms with van der Waals surface area (Å²) in [6.45, 7) is 3.72. The van der Waals surface area contributed by atoms with Gasteiger partial charge in [-0.1, -0.05) is 18.9 Å². The number of hydrogen-bond acceptors (Lipinski definition) is 4. The third kappa shape index (κ3) is 3.89. The number of urea groups is 1. The second-order valence-corrected chi connectivity index (χ2v) is 7.32. The molecule has 1 aromatic rings. The maximum Gasteiger partial charge on any atom is 0.318 e. The van der Waals surface area contributed by atoms with Crippen LogP contribution in [0.3, 0.4) is 0 Å². The maximum atomic E-state index is 12.8. The first-order valence-corrected chi connectivity index (χ1v) is 9.65. The van der Waals surface area contributed by atoms with Crippen LogP contribution in [0.25, 0.3) is 0 Å². The third-order valence-electron chi connectivity index (χ3n) is 5.50. The van der Waals surface area contributed by atoms with E-state index in [9.17, 15) is 4.79 Å². The van der Waals surface area contributed by atoms with Crippen molar-refractivity contribution in [3.8, 4) is 0 Å². The predicted octanol–water partition coefficient (Wildman–Crippen LogP) is 2.53. The number of aromatic nitrogens is 1. The van der Waals surface area contributed by atoms with Crippen molar-refractivity contribution in [2.75, 3.05) is 31.2 Å². The van der Waals surface area contributed by atoms with E-state index in [-0.39, 0.29) is 6.03 Å². The van der Waals surface area contributed by atoms with E-state index in [1.807, 2.05) is 12.3 Å². The van der Waals surface area contributed by atoms with Crippen molar-refractivity contribution in [2.24, 2.45) is 0 Å². The molecule has 0 aromatic carbocycles. The van der Waals surface area contributed by atoms with Gasteiger partial charge in [0.15, 0.2) is 0 Å². The molecule has 0 spiro atoms. The van der Waals surface area contributed by atoms with E-state index in [0.717, 1.165) is 63.4 Å². The standard InChI is InChI=1S/C19H28N4O2/c24-19(23(17-7-8-17)16-5-1-2-6-16)21-14-15-4-3-9-20-18(15)22-10-12-25-13-11-22/h3-4,9,16-17H,1-2,5-8,10-14H2,(H,21,24). The number of amides is 2. The quantitative estimate of drug-likeness (QED) is 0.892. The van der Waals surface area contributed by atoms with Crippen LogP contribution in [0.1, 0.15) is 44.1 Å². The number of carbonyl (C=O) groups is 1. The lowest BCUT2D eigenvalue weighted by Crippen LogP contribution is -2.46. The highest BCUT2D eigenvalue weighted by Crippen LogP contribution is 2.34. The Morgan fingerprint density at radius 1 is 1.20 bits per heavy atom. The number of nitrogens with zero attached hydrogens (tertiary/aromatic N) is 3. The summed E-state index contributed by atoms with van der Waals surface area (Å²) >= 11 is 0. The molecule has 1 saturated heterocycles. The van der Waals surface area contributed by atoms with Crippen LogP contribution in [0.5, 0.6) is 0 Å². The summed E-state index contributed by atoms with van der Waals surface area (Å²) < 4.78 is 5.44. The van der Waals surface area contributed by atoms with Crippen molar-refractivity contribution in [1.82, 2.24) is 15.2 Å². The van der Waals surface area contributed by atoms with Gasteiger partial charge in [0.1, 0.15) is 5.82 Å². The molecule has 136 valence electrons. The highest BCUT2D eigenvalue weighted by Gasteiger charge is 2.38. The van der Waals surface area contributed by atoms with Crippen LogP contribution in [0.2, 0.25) is 0 Å². The smallest absolute Gasteiger partial charge is 0.318 e. The van der Waals surface area contributed by atoms with E-state index in [1.165, 1.54) is 12.8 Å². The van der Waals surface area contributed by atoms with Crippen molar-refractivity contribution in [2.45, 2.75) is 57.2 Å². The number of carbonyl (C=O) groups excluding carboxylic acids is 1. The molecule has 0 unspecified atom stereocenters. The Bertz CT molecular complexity index is 593. The van der Waals surface area contributed by atoms with Crippen LogP contribution in [0.4, 0.5) is 10.6 Å². The molecule has 6 heteroatoms. The van der Waals surface area contributed by atoms with Gasteiger partial charge in [-0.25, -0.2) is 9.78 Å². The largest absolute Gasteiger partial charge is 0.378 e. The zero-order chi connectivity index (χ0) is 17.1. The SMILES string of the molecule is O=C(NCc1cccnc1N1CCOCC1)N(C1CCCC1)C1CC1. The van der Waals surface area contributed by atoms with E-state index in [0.29, 0.717) is 18.6 Å². The number of morpholine rings is 1. The summed E-state index contributed by atoms with van der Waals surface area (Å²) in [6.07, 6.45) is 8.98. The second-order valence-electron chi connectivity index (χ2n) is 7.32. The normalized spacial score (nSPS) is 21.4. The molecule has 2 amide bonds. The molecular weight excluding hydrogens is 316 g/mol. The molecule has 1 aromatic heterocycles. The first-order chi connectivity index (χ1) is 12.3. The zero-order valence-corrected chi connectivity index (χ0v) is 14.8. The molecule has 3 aliphatic rings. The van der Waals surface area contributed by atoms with Crippen molar-refractivity contribution in [1.29, 1.82) is 0 Å². The molecule has 6 nitrogen and oxygen atoms in total. The summed E-state index contributed by atoms with van der Waals surface area (Å²) in [7, 11) is 0. The molecule has 2 aliphatic carbocycles. The Kier molecular flexibility index (Phi) is 5.06. The summed E-state index contributed by atoms with van der Waals surface area (Å²) in [6, 6.07) is 5.03. The van der Waals surface area contributed by atoms with Crippen LogP contribution in [-0.4, -0.2) is 54.3 Å². The van der Waals surface area contributed by atoms with Gasteiger partial charge in [0.05, 0.1) is 13.2 Å². The number of ether oxygens (including phenoxy) is 1. The molecule has 1 aliphatic heterocycles. The van der Waals surface area contributed by atoms with E-state index in [2.05, 4.69) is 26.2 Å². The second kappa shape index (κ2) is 7.60. The first-order valence-electron chi connectivity index (χ1n) is 9.65. The number of pyridine rings is 1. The fourth-order valence-electron chi connectivity index (χ4n) is 4.06. The fourth-order valence-corrected chi connectivity index (χ4v) is 4.06. The summed E-state index contributed by atoms with van der Waals surface area (Å²) in [5.41, 5.74) is 1.08. The first kappa shape index (κ1) is 16.6. The Labute approximate surface area is 149 Å². The Morgan fingerprint density at radius 2 is 1.92 bits per heavy atom. The van der Waals surface area contributed by atoms with Gasteiger partial charge in [-0.2, -0.15) is 0 Å². The maximum absolute atomic E-state index is 12.8. The summed E-state index contributed by atoms with van der Waals surface area (Å²) in [5, 5.41) is 3.17. The van der Waals surface area contributed by atoms with Gasteiger partial charge in [-0.05, 0) is 31.7 Å². The van der Waals surface area contributed by atoms with E-state index < -0.39 is 0 Å². The molecule has 1 N–H and O–H groups in total. The van der Waals surface area contributed by atoms with E-state index in [4.69, 9.17) is 4.74 Å². The van der Waals surface area contributed by atoms with Gasteiger partial charge in [0.25, 0.3) is 0 Å². The van der Waals surface area contributed by atoms with Crippen LogP contribution < -0.4 is 10.2 Å². The van der Waals surface area contributed by atoms with Gasteiger partial charge < -0.3 is 19.9 Å². The third-order valence-corrected chi connectivity index (χ3v) is 5.50. The number of anilines is 1. The highest BCUT2D eigenvalue weighted by molar-refractivity contribution is 5.75. The lowest BCUT2D eigenvalue weighted by molar-refractivity contribution is 0.122. The average Bonchev–Trinajstić information content (AvgIpc) is 3.34. The van der Waals surface area contributed by atoms with E-state index >= 15 is 0 Å². The number of nitrogens with one attached hydrogen (secondary N) is 1. The molecule has 3 fully saturated rings. The fraction of sp³-hybridized carbons (Fsp3) is 0.684. The van der Waals surface area contributed by atoms with Crippen molar-refractivity contribution < 1.29 is 9.53 Å². The molecule has 0 radical (unpaired) electrons. The van der Waals surface area contributed by atoms with Crippen LogP contribution in [-0.2, 0) is 11.3 Å². The Hall–Kier alpha value is -1.82. The highest BCUT2D eigenvalue weighted by atomic mass is 16.5. The van der Waals surface area contributed by atoms with Gasteiger partial charge in [-0.15, -0.1) is 0 Å². The minimum Gasteiger partial charge on any atom is -0.378 e. The monoisotopic (exact) mass is 344 g/mol. The zero-order valence-electron chi connectivity index (χ0n) is 14.8. The Morgan fingerprint density at radius 3 is 2.64 bits per heavy atom. The molecule has 2 heterocycles. The van der Waals surface area contributed by atoms with Crippen molar-refractivity contribution in [3.05, 3.63) is 23.9 Å². The lowest BCUT2D eigenvalue weighted by atomic mass is 10.2. The molecular formula is C19H28N4O2. The number of hydrogen-bond donors (Lipinski definition) is 1. The van der Waals surface area contributed by atoms with Crippen molar-refractivity contribution in [3.63, 3.8) is 0 Å². The van der Waals surface area contributed by atoms with Crippen LogP contribution in [0.15, 0.2) is 18.3 Å². The minimum absolute atomic E-state index is 0.103. The summed E-state index contributed by atoms with van der Waals surface area (Å²) in [5.74, 6) is 0.977. The predicted molar refractivity (Wildman–Crippen MR) is 96.6 cm³/mol. The van der Waals surface area contributed by atoms with Gasteiger partial charge >= 0.3 is 6.03 Å². The van der Waals surface area contributed by atoms with Gasteiger partial charge in [0, 0.05) is 43.5 Å². The lowest BCUT2D eigenvalue weighted by Gasteiger charge is -2.31. The average molecular weight is 344 g/mol. The van der Waals surface area contributed by atoms with E-state index in [1.54, 1.807) is 0 Å². The van der Waals surface area contributed by atoms with Crippen molar-refractivity contribution >= 4 is 11.8 Å². The minimum atomic E-state index is 0.103. The molecule has 2 saturated carbocycles. The topological polar surface area (TPSA) is 57.7 Å². The number of rotatable bonds is 5. The van der Waals surface area contributed by atoms with Gasteiger partial charge in [-0.3, -0.25) is 0 Å². The van der Waals surface area contributed by atoms with Crippen LogP contribution >= 0.6 is 0 Å². The van der Waals surface area contributed by atoms with Crippen LogP contribution in [0, 0.1) is 0 Å². The molecule has 4 rings (SSSR count). The molecule has 25 heavy (non-hydrogen) atoms. The summed E-state index contributed by atoms with van der Waals surface area (Å²) in [4.78, 5) is 21.8. The molecule has 0 atom stereocenters.